The summed E-state index contributed by atoms with van der Waals surface area (Å²) in [4.78, 5) is 22.5. The van der Waals surface area contributed by atoms with Crippen LogP contribution in [0.5, 0.6) is 0 Å². The number of rotatable bonds is 5. The van der Waals surface area contributed by atoms with Gasteiger partial charge in [-0.25, -0.2) is 4.68 Å². The van der Waals surface area contributed by atoms with Crippen LogP contribution in [0.4, 0.5) is 0 Å². The standard InChI is InChI=1S/C17H17N5O3S/c1-10-6-11(2)15(22-5-3-4-19-22)12(7-10)9-18-21-17-20-16(25)13(26-17)8-14(23)24/h3-7,9,13H,8H2,1-2H3,(H,23,24)(H,20,21,25). The van der Waals surface area contributed by atoms with E-state index in [2.05, 4.69) is 26.7 Å². The van der Waals surface area contributed by atoms with Crippen molar-refractivity contribution in [3.05, 3.63) is 47.3 Å². The van der Waals surface area contributed by atoms with Crippen LogP contribution in [0.1, 0.15) is 23.1 Å². The molecular weight excluding hydrogens is 354 g/mol. The van der Waals surface area contributed by atoms with Crippen molar-refractivity contribution >= 4 is 35.0 Å². The van der Waals surface area contributed by atoms with E-state index in [1.54, 1.807) is 17.1 Å². The molecule has 2 heterocycles. The van der Waals surface area contributed by atoms with Crippen molar-refractivity contribution in [2.75, 3.05) is 0 Å². The third-order valence-electron chi connectivity index (χ3n) is 3.69. The predicted octanol–water partition coefficient (Wildman–Crippen LogP) is 1.89. The highest BCUT2D eigenvalue weighted by Gasteiger charge is 2.32. The highest BCUT2D eigenvalue weighted by atomic mass is 32.2. The van der Waals surface area contributed by atoms with Crippen molar-refractivity contribution in [2.45, 2.75) is 25.5 Å². The van der Waals surface area contributed by atoms with E-state index in [0.29, 0.717) is 5.17 Å². The lowest BCUT2D eigenvalue weighted by molar-refractivity contribution is -0.138. The Labute approximate surface area is 154 Å². The van der Waals surface area contributed by atoms with Gasteiger partial charge in [-0.3, -0.25) is 9.59 Å². The number of amides is 1. The van der Waals surface area contributed by atoms with Crippen LogP contribution < -0.4 is 5.32 Å². The Morgan fingerprint density at radius 2 is 2.27 bits per heavy atom. The Kier molecular flexibility index (Phi) is 5.17. The smallest absolute Gasteiger partial charge is 0.305 e. The summed E-state index contributed by atoms with van der Waals surface area (Å²) in [6.45, 7) is 3.99. The van der Waals surface area contributed by atoms with Crippen LogP contribution in [0.25, 0.3) is 5.69 Å². The Hall–Kier alpha value is -2.94. The number of carbonyl (C=O) groups is 2. The van der Waals surface area contributed by atoms with E-state index in [9.17, 15) is 9.59 Å². The minimum absolute atomic E-state index is 0.250. The highest BCUT2D eigenvalue weighted by Crippen LogP contribution is 2.23. The Morgan fingerprint density at radius 3 is 2.96 bits per heavy atom. The van der Waals surface area contributed by atoms with Gasteiger partial charge in [0.1, 0.15) is 5.25 Å². The van der Waals surface area contributed by atoms with E-state index in [-0.39, 0.29) is 12.3 Å². The molecular formula is C17H17N5O3S. The second-order valence-electron chi connectivity index (χ2n) is 5.81. The van der Waals surface area contributed by atoms with Gasteiger partial charge in [-0.1, -0.05) is 23.4 Å². The summed E-state index contributed by atoms with van der Waals surface area (Å²) in [6.07, 6.45) is 4.90. The minimum atomic E-state index is -1.03. The highest BCUT2D eigenvalue weighted by molar-refractivity contribution is 8.15. The third kappa shape index (κ3) is 3.99. The summed E-state index contributed by atoms with van der Waals surface area (Å²) in [6, 6.07) is 5.87. The fraction of sp³-hybridized carbons (Fsp3) is 0.235. The van der Waals surface area contributed by atoms with Crippen molar-refractivity contribution in [1.29, 1.82) is 0 Å². The first-order chi connectivity index (χ1) is 12.4. The zero-order valence-corrected chi connectivity index (χ0v) is 15.0. The van der Waals surface area contributed by atoms with Crippen LogP contribution in [0.15, 0.2) is 40.8 Å². The van der Waals surface area contributed by atoms with E-state index < -0.39 is 11.2 Å². The molecule has 2 N–H and O–H groups in total. The zero-order chi connectivity index (χ0) is 18.7. The van der Waals surface area contributed by atoms with Gasteiger partial charge >= 0.3 is 5.97 Å². The minimum Gasteiger partial charge on any atom is -0.481 e. The molecule has 26 heavy (non-hydrogen) atoms. The molecule has 9 heteroatoms. The summed E-state index contributed by atoms with van der Waals surface area (Å²) in [5, 5.41) is 23.3. The van der Waals surface area contributed by atoms with Crippen LogP contribution in [0.2, 0.25) is 0 Å². The Morgan fingerprint density at radius 1 is 1.46 bits per heavy atom. The molecule has 8 nitrogen and oxygen atoms in total. The van der Waals surface area contributed by atoms with Crippen LogP contribution >= 0.6 is 11.8 Å². The topological polar surface area (TPSA) is 109 Å². The van der Waals surface area contributed by atoms with Gasteiger partial charge in [0.25, 0.3) is 0 Å². The molecule has 3 rings (SSSR count). The van der Waals surface area contributed by atoms with Crippen LogP contribution in [0.3, 0.4) is 0 Å². The average Bonchev–Trinajstić information content (AvgIpc) is 3.17. The van der Waals surface area contributed by atoms with Gasteiger partial charge < -0.3 is 10.4 Å². The van der Waals surface area contributed by atoms with E-state index in [1.807, 2.05) is 32.2 Å². The molecule has 1 aromatic carbocycles. The summed E-state index contributed by atoms with van der Waals surface area (Å²) >= 11 is 1.07. The van der Waals surface area contributed by atoms with Gasteiger partial charge in [-0.2, -0.15) is 10.2 Å². The molecule has 2 aromatic rings. The number of aromatic nitrogens is 2. The third-order valence-corrected chi connectivity index (χ3v) is 4.76. The van der Waals surface area contributed by atoms with Crippen LogP contribution in [-0.4, -0.2) is 43.4 Å². The van der Waals surface area contributed by atoms with Gasteiger partial charge in [-0.15, -0.1) is 5.10 Å². The monoisotopic (exact) mass is 371 g/mol. The first-order valence-electron chi connectivity index (χ1n) is 7.85. The number of nitrogens with zero attached hydrogens (tertiary/aromatic N) is 4. The molecule has 1 aliphatic rings. The zero-order valence-electron chi connectivity index (χ0n) is 14.2. The number of hydrogen-bond acceptors (Lipinski definition) is 6. The number of amidine groups is 1. The van der Waals surface area contributed by atoms with E-state index in [1.165, 1.54) is 0 Å². The number of carboxylic acids is 1. The Balaban J connectivity index is 1.83. The fourth-order valence-electron chi connectivity index (χ4n) is 2.69. The lowest BCUT2D eigenvalue weighted by atomic mass is 10.0. The quantitative estimate of drug-likeness (QED) is 0.616. The molecule has 1 aliphatic heterocycles. The van der Waals surface area contributed by atoms with E-state index >= 15 is 0 Å². The maximum Gasteiger partial charge on any atom is 0.305 e. The second-order valence-corrected chi connectivity index (χ2v) is 7.01. The normalized spacial score (nSPS) is 18.6. The number of nitrogens with one attached hydrogen (secondary N) is 1. The lowest BCUT2D eigenvalue weighted by Crippen LogP contribution is -2.26. The number of thioether (sulfide) groups is 1. The molecule has 1 amide bonds. The fourth-order valence-corrected chi connectivity index (χ4v) is 3.61. The number of carboxylic acid groups (broad SMARTS) is 1. The Bertz CT molecular complexity index is 905. The van der Waals surface area contributed by atoms with Crippen molar-refractivity contribution in [3.8, 4) is 5.69 Å². The van der Waals surface area contributed by atoms with Gasteiger partial charge in [0.2, 0.25) is 5.91 Å². The first-order valence-corrected chi connectivity index (χ1v) is 8.73. The number of carbonyl (C=O) groups excluding carboxylic acids is 1. The number of aliphatic carboxylic acids is 1. The summed E-state index contributed by atoms with van der Waals surface area (Å²) in [5.74, 6) is -1.39. The lowest BCUT2D eigenvalue weighted by Gasteiger charge is -2.11. The maximum absolute atomic E-state index is 11.7. The van der Waals surface area contributed by atoms with Gasteiger partial charge in [0.15, 0.2) is 5.17 Å². The molecule has 0 bridgehead atoms. The first kappa shape index (κ1) is 17.9. The largest absolute Gasteiger partial charge is 0.481 e. The van der Waals surface area contributed by atoms with Crippen molar-refractivity contribution < 1.29 is 14.7 Å². The maximum atomic E-state index is 11.7. The van der Waals surface area contributed by atoms with Gasteiger partial charge in [0, 0.05) is 18.0 Å². The SMILES string of the molecule is Cc1cc(C)c(-n2cccn2)c(C=NN=C2NC(=O)C(CC(=O)O)S2)c1. The molecule has 1 atom stereocenters. The van der Waals surface area contributed by atoms with Gasteiger partial charge in [-0.05, 0) is 31.5 Å². The van der Waals surface area contributed by atoms with Gasteiger partial charge in [0.05, 0.1) is 18.3 Å². The molecule has 0 saturated carbocycles. The molecule has 0 radical (unpaired) electrons. The number of benzene rings is 1. The number of aryl methyl sites for hydroxylation is 2. The summed E-state index contributed by atoms with van der Waals surface area (Å²) in [5.41, 5.74) is 3.87. The van der Waals surface area contributed by atoms with Crippen LogP contribution in [0, 0.1) is 13.8 Å². The van der Waals surface area contributed by atoms with E-state index in [0.717, 1.165) is 34.1 Å². The molecule has 1 saturated heterocycles. The summed E-state index contributed by atoms with van der Waals surface area (Å²) in [7, 11) is 0. The molecule has 0 spiro atoms. The van der Waals surface area contributed by atoms with Crippen molar-refractivity contribution in [2.24, 2.45) is 10.2 Å². The number of hydrogen-bond donors (Lipinski definition) is 2. The molecule has 1 fully saturated rings. The summed E-state index contributed by atoms with van der Waals surface area (Å²) < 4.78 is 1.76. The van der Waals surface area contributed by atoms with E-state index in [4.69, 9.17) is 5.11 Å². The molecule has 1 unspecified atom stereocenters. The average molecular weight is 371 g/mol. The molecule has 134 valence electrons. The molecule has 1 aromatic heterocycles. The van der Waals surface area contributed by atoms with Crippen LogP contribution in [-0.2, 0) is 9.59 Å². The van der Waals surface area contributed by atoms with Crippen molar-refractivity contribution in [1.82, 2.24) is 15.1 Å². The van der Waals surface area contributed by atoms with Crippen molar-refractivity contribution in [3.63, 3.8) is 0 Å². The predicted molar refractivity (Wildman–Crippen MR) is 99.8 cm³/mol. The second kappa shape index (κ2) is 7.52. The molecule has 0 aliphatic carbocycles.